The van der Waals surface area contributed by atoms with Crippen LogP contribution in [0.15, 0.2) is 42.5 Å². The maximum Gasteiger partial charge on any atom is 0.274 e. The molecule has 0 bridgehead atoms. The van der Waals surface area contributed by atoms with Crippen molar-refractivity contribution in [3.63, 3.8) is 0 Å². The Hall–Kier alpha value is -3.13. The molecule has 0 spiro atoms. The van der Waals surface area contributed by atoms with Crippen LogP contribution in [0.5, 0.6) is 11.5 Å². The molecule has 1 amide bonds. The van der Waals surface area contributed by atoms with Crippen molar-refractivity contribution >= 4 is 22.4 Å². The fourth-order valence-electron chi connectivity index (χ4n) is 3.64. The maximum atomic E-state index is 13.8. The summed E-state index contributed by atoms with van der Waals surface area (Å²) >= 11 is 1.20. The van der Waals surface area contributed by atoms with Gasteiger partial charge in [-0.3, -0.25) is 4.79 Å². The number of nitrogens with zero attached hydrogens (tertiary/aromatic N) is 2. The minimum atomic E-state index is -0.365. The third-order valence-corrected chi connectivity index (χ3v) is 6.45. The number of nitrogen functional groups attached to an aromatic ring is 1. The van der Waals surface area contributed by atoms with E-state index in [9.17, 15) is 9.18 Å². The van der Waals surface area contributed by atoms with Crippen LogP contribution in [0.3, 0.4) is 0 Å². The Balaban J connectivity index is 1.57. The van der Waals surface area contributed by atoms with Crippen LogP contribution in [0.2, 0.25) is 0 Å². The number of hydrogen-bond donors (Lipinski definition) is 1. The molecule has 1 heterocycles. The minimum Gasteiger partial charge on any atom is -0.493 e. The van der Waals surface area contributed by atoms with Crippen LogP contribution < -0.4 is 15.2 Å². The van der Waals surface area contributed by atoms with Crippen LogP contribution in [0.25, 0.3) is 10.4 Å². The summed E-state index contributed by atoms with van der Waals surface area (Å²) in [5, 5.41) is 0.291. The number of methoxy groups -OCH3 is 2. The van der Waals surface area contributed by atoms with Crippen LogP contribution >= 0.6 is 11.3 Å². The van der Waals surface area contributed by atoms with Crippen LogP contribution in [0, 0.1) is 11.7 Å². The van der Waals surface area contributed by atoms with Gasteiger partial charge in [0.2, 0.25) is 0 Å². The summed E-state index contributed by atoms with van der Waals surface area (Å²) in [5.74, 6) is 1.30. The molecule has 2 aromatic carbocycles. The normalized spacial score (nSPS) is 13.1. The molecular formula is C24H26FN3O3S. The Bertz CT molecular complexity index is 1110. The maximum absolute atomic E-state index is 13.8. The summed E-state index contributed by atoms with van der Waals surface area (Å²) in [6, 6.07) is 11.9. The fraction of sp³-hybridized carbons (Fsp3) is 0.333. The van der Waals surface area contributed by atoms with Gasteiger partial charge in [0.25, 0.3) is 5.91 Å². The first-order valence-corrected chi connectivity index (χ1v) is 11.3. The average Bonchev–Trinajstić information content (AvgIpc) is 3.54. The first-order valence-electron chi connectivity index (χ1n) is 10.5. The van der Waals surface area contributed by atoms with Gasteiger partial charge in [-0.15, -0.1) is 0 Å². The summed E-state index contributed by atoms with van der Waals surface area (Å²) in [5.41, 5.74) is 7.88. The SMILES string of the molecule is COc1ccc(CCN(CC2CC2)C(=O)c2nc(N)sc2-c2cccc(F)c2)cc1OC. The number of carbonyl (C=O) groups excluding carboxylic acids is 1. The molecule has 0 aliphatic heterocycles. The molecule has 0 unspecified atom stereocenters. The first-order chi connectivity index (χ1) is 15.5. The number of aromatic nitrogens is 1. The fourth-order valence-corrected chi connectivity index (χ4v) is 4.47. The van der Waals surface area contributed by atoms with Crippen molar-refractivity contribution in [2.45, 2.75) is 19.3 Å². The zero-order valence-corrected chi connectivity index (χ0v) is 19.0. The Labute approximate surface area is 190 Å². The van der Waals surface area contributed by atoms with Crippen molar-refractivity contribution < 1.29 is 18.7 Å². The van der Waals surface area contributed by atoms with Gasteiger partial charge in [0.15, 0.2) is 16.6 Å². The molecule has 4 rings (SSSR count). The molecule has 1 aliphatic carbocycles. The molecule has 0 atom stereocenters. The summed E-state index contributed by atoms with van der Waals surface area (Å²) in [6.45, 7) is 1.21. The molecule has 3 aromatic rings. The van der Waals surface area contributed by atoms with Crippen LogP contribution in [-0.4, -0.2) is 43.1 Å². The lowest BCUT2D eigenvalue weighted by molar-refractivity contribution is 0.0745. The van der Waals surface area contributed by atoms with Gasteiger partial charge in [0.1, 0.15) is 11.5 Å². The van der Waals surface area contributed by atoms with Gasteiger partial charge in [-0.25, -0.2) is 9.37 Å². The van der Waals surface area contributed by atoms with Crippen molar-refractivity contribution in [1.82, 2.24) is 9.88 Å². The van der Waals surface area contributed by atoms with Crippen LogP contribution in [0.1, 0.15) is 28.9 Å². The number of halogens is 1. The second kappa shape index (κ2) is 9.56. The average molecular weight is 456 g/mol. The molecule has 32 heavy (non-hydrogen) atoms. The standard InChI is InChI=1S/C24H26FN3O3S/c1-30-19-9-8-15(12-20(19)31-2)10-11-28(14-16-6-7-16)23(29)21-22(32-24(26)27-21)17-4-3-5-18(25)13-17/h3-5,8-9,12-13,16H,6-7,10-11,14H2,1-2H3,(H2,26,27). The lowest BCUT2D eigenvalue weighted by Crippen LogP contribution is -2.35. The Kier molecular flexibility index (Phi) is 6.60. The molecule has 2 N–H and O–H groups in total. The van der Waals surface area contributed by atoms with Gasteiger partial charge in [0.05, 0.1) is 19.1 Å². The van der Waals surface area contributed by atoms with Crippen molar-refractivity contribution in [3.8, 4) is 21.9 Å². The predicted molar refractivity (Wildman–Crippen MR) is 124 cm³/mol. The molecule has 1 aliphatic rings. The zero-order chi connectivity index (χ0) is 22.7. The van der Waals surface area contributed by atoms with Gasteiger partial charge in [-0.1, -0.05) is 29.5 Å². The van der Waals surface area contributed by atoms with Gasteiger partial charge >= 0.3 is 0 Å². The van der Waals surface area contributed by atoms with Gasteiger partial charge in [-0.05, 0) is 60.6 Å². The van der Waals surface area contributed by atoms with E-state index in [1.165, 1.54) is 23.5 Å². The highest BCUT2D eigenvalue weighted by Gasteiger charge is 2.30. The highest BCUT2D eigenvalue weighted by atomic mass is 32.1. The third kappa shape index (κ3) is 5.02. The Morgan fingerprint density at radius 3 is 2.66 bits per heavy atom. The second-order valence-corrected chi connectivity index (χ2v) is 8.90. The third-order valence-electron chi connectivity index (χ3n) is 5.51. The molecule has 8 heteroatoms. The highest BCUT2D eigenvalue weighted by molar-refractivity contribution is 7.19. The zero-order valence-electron chi connectivity index (χ0n) is 18.1. The van der Waals surface area contributed by atoms with Crippen LogP contribution in [0.4, 0.5) is 9.52 Å². The van der Waals surface area contributed by atoms with E-state index in [4.69, 9.17) is 15.2 Å². The molecule has 1 fully saturated rings. The number of hydrogen-bond acceptors (Lipinski definition) is 6. The van der Waals surface area contributed by atoms with Gasteiger partial charge in [-0.2, -0.15) is 0 Å². The molecule has 0 saturated heterocycles. The lowest BCUT2D eigenvalue weighted by atomic mass is 10.1. The number of amides is 1. The van der Waals surface area contributed by atoms with Crippen molar-refractivity contribution in [2.75, 3.05) is 33.0 Å². The lowest BCUT2D eigenvalue weighted by Gasteiger charge is -2.22. The molecule has 1 aromatic heterocycles. The second-order valence-electron chi connectivity index (χ2n) is 7.87. The van der Waals surface area contributed by atoms with E-state index in [-0.39, 0.29) is 17.4 Å². The summed E-state index contributed by atoms with van der Waals surface area (Å²) in [7, 11) is 3.20. The van der Waals surface area contributed by atoms with Crippen molar-refractivity contribution in [2.24, 2.45) is 5.92 Å². The molecule has 6 nitrogen and oxygen atoms in total. The number of ether oxygens (including phenoxy) is 2. The monoisotopic (exact) mass is 455 g/mol. The van der Waals surface area contributed by atoms with Gasteiger partial charge in [0, 0.05) is 13.1 Å². The predicted octanol–water partition coefficient (Wildman–Crippen LogP) is 4.64. The number of carbonyl (C=O) groups is 1. The quantitative estimate of drug-likeness (QED) is 0.508. The van der Waals surface area contributed by atoms with E-state index in [2.05, 4.69) is 4.98 Å². The molecule has 168 valence electrons. The topological polar surface area (TPSA) is 77.7 Å². The molecular weight excluding hydrogens is 429 g/mol. The first kappa shape index (κ1) is 22.1. The minimum absolute atomic E-state index is 0.176. The molecule has 0 radical (unpaired) electrons. The number of nitrogens with two attached hydrogens (primary N) is 1. The Morgan fingerprint density at radius 2 is 1.97 bits per heavy atom. The highest BCUT2D eigenvalue weighted by Crippen LogP contribution is 2.35. The summed E-state index contributed by atoms with van der Waals surface area (Å²) in [6.07, 6.45) is 2.90. The summed E-state index contributed by atoms with van der Waals surface area (Å²) in [4.78, 5) is 20.3. The van der Waals surface area contributed by atoms with E-state index in [1.54, 1.807) is 26.4 Å². The van der Waals surface area contributed by atoms with E-state index >= 15 is 0 Å². The van der Waals surface area contributed by atoms with Crippen LogP contribution in [-0.2, 0) is 6.42 Å². The van der Waals surface area contributed by atoms with E-state index in [1.807, 2.05) is 23.1 Å². The number of benzene rings is 2. The van der Waals surface area contributed by atoms with Crippen molar-refractivity contribution in [1.29, 1.82) is 0 Å². The summed E-state index contributed by atoms with van der Waals surface area (Å²) < 4.78 is 24.5. The van der Waals surface area contributed by atoms with E-state index in [0.717, 1.165) is 18.4 Å². The van der Waals surface area contributed by atoms with Crippen molar-refractivity contribution in [3.05, 3.63) is 59.5 Å². The Morgan fingerprint density at radius 1 is 1.19 bits per heavy atom. The van der Waals surface area contributed by atoms with E-state index in [0.29, 0.717) is 52.5 Å². The smallest absolute Gasteiger partial charge is 0.274 e. The largest absolute Gasteiger partial charge is 0.493 e. The number of rotatable bonds is 9. The van der Waals surface area contributed by atoms with Gasteiger partial charge < -0.3 is 20.1 Å². The number of thiazole rings is 1. The molecule has 1 saturated carbocycles. The number of anilines is 1. The van der Waals surface area contributed by atoms with E-state index < -0.39 is 0 Å².